The lowest BCUT2D eigenvalue weighted by atomic mass is 9.80. The SMILES string of the molecule is CC(C)NC(=O)NC(Cc1ccccc1)(c1cccc(OCC(F)(F)F)c1)c1ccc(Cl)cn1. The minimum Gasteiger partial charge on any atom is -0.484 e. The summed E-state index contributed by atoms with van der Waals surface area (Å²) in [6, 6.07) is 18.4. The molecule has 1 atom stereocenters. The van der Waals surface area contributed by atoms with Gasteiger partial charge in [-0.3, -0.25) is 4.98 Å². The van der Waals surface area contributed by atoms with Crippen molar-refractivity contribution in [3.8, 4) is 5.75 Å². The molecule has 1 heterocycles. The van der Waals surface area contributed by atoms with Crippen molar-refractivity contribution in [1.29, 1.82) is 0 Å². The van der Waals surface area contributed by atoms with E-state index in [9.17, 15) is 18.0 Å². The molecule has 1 aromatic heterocycles. The number of urea groups is 1. The van der Waals surface area contributed by atoms with Crippen LogP contribution in [0.3, 0.4) is 0 Å². The van der Waals surface area contributed by atoms with E-state index >= 15 is 0 Å². The third-order valence-corrected chi connectivity index (χ3v) is 5.18. The predicted molar refractivity (Wildman–Crippen MR) is 125 cm³/mol. The van der Waals surface area contributed by atoms with E-state index in [0.29, 0.717) is 16.3 Å². The molecule has 180 valence electrons. The molecule has 0 spiro atoms. The highest BCUT2D eigenvalue weighted by atomic mass is 35.5. The Labute approximate surface area is 201 Å². The zero-order chi connectivity index (χ0) is 24.8. The van der Waals surface area contributed by atoms with Crippen LogP contribution in [0.1, 0.15) is 30.7 Å². The van der Waals surface area contributed by atoms with Crippen LogP contribution in [0.4, 0.5) is 18.0 Å². The van der Waals surface area contributed by atoms with Crippen molar-refractivity contribution in [1.82, 2.24) is 15.6 Å². The molecular formula is C25H25ClF3N3O2. The first-order valence-corrected chi connectivity index (χ1v) is 11.0. The molecule has 0 fully saturated rings. The highest BCUT2D eigenvalue weighted by molar-refractivity contribution is 6.30. The molecule has 2 amide bonds. The predicted octanol–water partition coefficient (Wildman–Crippen LogP) is 5.87. The monoisotopic (exact) mass is 491 g/mol. The number of amides is 2. The summed E-state index contributed by atoms with van der Waals surface area (Å²) in [7, 11) is 0. The first-order valence-electron chi connectivity index (χ1n) is 10.6. The van der Waals surface area contributed by atoms with Gasteiger partial charge in [0.15, 0.2) is 6.61 Å². The largest absolute Gasteiger partial charge is 0.484 e. The van der Waals surface area contributed by atoms with Crippen molar-refractivity contribution in [3.63, 3.8) is 0 Å². The van der Waals surface area contributed by atoms with E-state index in [1.54, 1.807) is 24.3 Å². The van der Waals surface area contributed by atoms with Gasteiger partial charge in [-0.1, -0.05) is 54.1 Å². The maximum Gasteiger partial charge on any atom is 0.422 e. The number of carbonyl (C=O) groups excluding carboxylic acids is 1. The maximum absolute atomic E-state index is 13.0. The van der Waals surface area contributed by atoms with Crippen LogP contribution in [0.15, 0.2) is 72.9 Å². The molecule has 0 aliphatic carbocycles. The summed E-state index contributed by atoms with van der Waals surface area (Å²) in [6.07, 6.45) is -2.75. The minimum absolute atomic E-state index is 0.0206. The number of halogens is 4. The summed E-state index contributed by atoms with van der Waals surface area (Å²) >= 11 is 6.06. The van der Waals surface area contributed by atoms with E-state index in [2.05, 4.69) is 15.6 Å². The molecule has 0 aliphatic rings. The van der Waals surface area contributed by atoms with Crippen LogP contribution in [0.25, 0.3) is 0 Å². The fourth-order valence-electron chi connectivity index (χ4n) is 3.56. The molecule has 3 rings (SSSR count). The van der Waals surface area contributed by atoms with Crippen LogP contribution < -0.4 is 15.4 Å². The Hall–Kier alpha value is -3.26. The van der Waals surface area contributed by atoms with Crippen molar-refractivity contribution >= 4 is 17.6 Å². The van der Waals surface area contributed by atoms with E-state index in [0.717, 1.165) is 5.56 Å². The molecule has 0 bridgehead atoms. The Morgan fingerprint density at radius 1 is 1.06 bits per heavy atom. The lowest BCUT2D eigenvalue weighted by Crippen LogP contribution is -2.53. The molecule has 0 radical (unpaired) electrons. The number of hydrogen-bond acceptors (Lipinski definition) is 3. The molecule has 0 saturated carbocycles. The van der Waals surface area contributed by atoms with Gasteiger partial charge in [0.1, 0.15) is 11.3 Å². The Balaban J connectivity index is 2.15. The molecule has 1 unspecified atom stereocenters. The van der Waals surface area contributed by atoms with E-state index < -0.39 is 24.4 Å². The molecule has 0 saturated heterocycles. The lowest BCUT2D eigenvalue weighted by molar-refractivity contribution is -0.153. The average Bonchev–Trinajstić information content (AvgIpc) is 2.77. The second kappa shape index (κ2) is 10.8. The van der Waals surface area contributed by atoms with E-state index in [-0.39, 0.29) is 18.2 Å². The second-order valence-corrected chi connectivity index (χ2v) is 8.55. The first-order chi connectivity index (χ1) is 16.1. The number of carbonyl (C=O) groups is 1. The summed E-state index contributed by atoms with van der Waals surface area (Å²) in [4.78, 5) is 17.4. The Kier molecular flexibility index (Phi) is 8.04. The Morgan fingerprint density at radius 2 is 1.79 bits per heavy atom. The van der Waals surface area contributed by atoms with E-state index in [1.165, 1.54) is 18.3 Å². The average molecular weight is 492 g/mol. The van der Waals surface area contributed by atoms with Crippen molar-refractivity contribution in [2.45, 2.75) is 38.0 Å². The zero-order valence-electron chi connectivity index (χ0n) is 18.7. The molecule has 2 aromatic carbocycles. The molecule has 34 heavy (non-hydrogen) atoms. The van der Waals surface area contributed by atoms with Crippen LogP contribution >= 0.6 is 11.6 Å². The van der Waals surface area contributed by atoms with Gasteiger partial charge in [-0.2, -0.15) is 13.2 Å². The van der Waals surface area contributed by atoms with Gasteiger partial charge in [0.05, 0.1) is 10.7 Å². The normalized spacial score (nSPS) is 13.3. The van der Waals surface area contributed by atoms with Gasteiger partial charge in [-0.05, 0) is 49.2 Å². The number of ether oxygens (including phenoxy) is 1. The summed E-state index contributed by atoms with van der Waals surface area (Å²) in [5.74, 6) is 0.0206. The van der Waals surface area contributed by atoms with Crippen molar-refractivity contribution < 1.29 is 22.7 Å². The first kappa shape index (κ1) is 25.4. The number of rotatable bonds is 8. The number of benzene rings is 2. The summed E-state index contributed by atoms with van der Waals surface area (Å²) < 4.78 is 43.2. The van der Waals surface area contributed by atoms with Gasteiger partial charge in [0.2, 0.25) is 0 Å². The van der Waals surface area contributed by atoms with Crippen LogP contribution in [0, 0.1) is 0 Å². The Bertz CT molecular complexity index is 1090. The van der Waals surface area contributed by atoms with Gasteiger partial charge >= 0.3 is 12.2 Å². The van der Waals surface area contributed by atoms with Gasteiger partial charge < -0.3 is 15.4 Å². The van der Waals surface area contributed by atoms with Crippen LogP contribution in [-0.2, 0) is 12.0 Å². The highest BCUT2D eigenvalue weighted by Gasteiger charge is 2.38. The highest BCUT2D eigenvalue weighted by Crippen LogP contribution is 2.35. The van der Waals surface area contributed by atoms with Crippen molar-refractivity contribution in [3.05, 3.63) is 94.8 Å². The van der Waals surface area contributed by atoms with Crippen molar-refractivity contribution in [2.75, 3.05) is 6.61 Å². The topological polar surface area (TPSA) is 63.2 Å². The van der Waals surface area contributed by atoms with Gasteiger partial charge in [0.25, 0.3) is 0 Å². The molecule has 5 nitrogen and oxygen atoms in total. The summed E-state index contributed by atoms with van der Waals surface area (Å²) in [5.41, 5.74) is 0.616. The second-order valence-electron chi connectivity index (χ2n) is 8.11. The van der Waals surface area contributed by atoms with Crippen molar-refractivity contribution in [2.24, 2.45) is 0 Å². The van der Waals surface area contributed by atoms with Gasteiger partial charge in [-0.25, -0.2) is 4.79 Å². The Morgan fingerprint density at radius 3 is 2.41 bits per heavy atom. The minimum atomic E-state index is -4.48. The molecule has 0 aliphatic heterocycles. The molecule has 9 heteroatoms. The molecular weight excluding hydrogens is 467 g/mol. The lowest BCUT2D eigenvalue weighted by Gasteiger charge is -2.36. The fourth-order valence-corrected chi connectivity index (χ4v) is 3.67. The quantitative estimate of drug-likeness (QED) is 0.414. The van der Waals surface area contributed by atoms with Gasteiger partial charge in [-0.15, -0.1) is 0 Å². The molecule has 2 N–H and O–H groups in total. The maximum atomic E-state index is 13.0. The zero-order valence-corrected chi connectivity index (χ0v) is 19.5. The standard InChI is InChI=1S/C25H25ClF3N3O2/c1-17(2)31-23(33)32-24(14-18-7-4-3-5-8-18,22-12-11-20(26)15-30-22)19-9-6-10-21(13-19)34-16-25(27,28)29/h3-13,15,17H,14,16H2,1-2H3,(H2,31,32,33). The number of aromatic nitrogens is 1. The summed E-state index contributed by atoms with van der Waals surface area (Å²) in [5, 5.41) is 6.25. The number of pyridine rings is 1. The summed E-state index contributed by atoms with van der Waals surface area (Å²) in [6.45, 7) is 2.22. The van der Waals surface area contributed by atoms with E-state index in [1.807, 2.05) is 44.2 Å². The smallest absolute Gasteiger partial charge is 0.422 e. The molecule has 3 aromatic rings. The number of nitrogens with one attached hydrogen (secondary N) is 2. The van der Waals surface area contributed by atoms with Gasteiger partial charge in [0, 0.05) is 18.7 Å². The third kappa shape index (κ3) is 6.87. The number of alkyl halides is 3. The van der Waals surface area contributed by atoms with E-state index in [4.69, 9.17) is 16.3 Å². The van der Waals surface area contributed by atoms with Crippen LogP contribution in [-0.4, -0.2) is 29.8 Å². The van der Waals surface area contributed by atoms with Crippen LogP contribution in [0.2, 0.25) is 5.02 Å². The number of hydrogen-bond donors (Lipinski definition) is 2. The fraction of sp³-hybridized carbons (Fsp3) is 0.280. The third-order valence-electron chi connectivity index (χ3n) is 4.95. The number of nitrogens with zero attached hydrogens (tertiary/aromatic N) is 1. The van der Waals surface area contributed by atoms with Crippen LogP contribution in [0.5, 0.6) is 5.75 Å².